The zero-order chi connectivity index (χ0) is 40.5. The molecule has 0 radical (unpaired) electrons. The SMILES string of the molecule is c1ccc(-c2ccc(N(c3ccccc3)c3ccc(-c4nc5c6ccc(-c7ccc(N(c8ccccc8)c8ccccc8)cc7)cc6c6ccccc6c5s4)cc3)cc2)cc1. The molecule has 0 aliphatic rings. The highest BCUT2D eigenvalue weighted by molar-refractivity contribution is 7.22. The minimum absolute atomic E-state index is 1.01. The number of nitrogens with zero attached hydrogens (tertiary/aromatic N) is 3. The molecule has 61 heavy (non-hydrogen) atoms. The first-order valence-electron chi connectivity index (χ1n) is 20.6. The molecule has 0 saturated heterocycles. The molecule has 0 bridgehead atoms. The van der Waals surface area contributed by atoms with Crippen molar-refractivity contribution < 1.29 is 0 Å². The van der Waals surface area contributed by atoms with Crippen molar-refractivity contribution in [1.29, 1.82) is 0 Å². The van der Waals surface area contributed by atoms with Gasteiger partial charge in [-0.05, 0) is 124 Å². The number of aromatic nitrogens is 1. The largest absolute Gasteiger partial charge is 0.311 e. The van der Waals surface area contributed by atoms with Crippen LogP contribution in [0.1, 0.15) is 0 Å². The summed E-state index contributed by atoms with van der Waals surface area (Å²) in [5.74, 6) is 0. The van der Waals surface area contributed by atoms with Gasteiger partial charge in [-0.1, -0.05) is 146 Å². The van der Waals surface area contributed by atoms with Crippen molar-refractivity contribution in [2.24, 2.45) is 0 Å². The van der Waals surface area contributed by atoms with E-state index in [1.807, 2.05) is 0 Å². The van der Waals surface area contributed by atoms with Crippen LogP contribution in [0.25, 0.3) is 64.6 Å². The van der Waals surface area contributed by atoms with Crippen molar-refractivity contribution in [3.05, 3.63) is 237 Å². The summed E-state index contributed by atoms with van der Waals surface area (Å²) < 4.78 is 1.21. The zero-order valence-corrected chi connectivity index (χ0v) is 34.1. The maximum absolute atomic E-state index is 5.38. The third-order valence-corrected chi connectivity index (χ3v) is 12.6. The molecule has 4 heteroatoms. The summed E-state index contributed by atoms with van der Waals surface area (Å²) in [6.07, 6.45) is 0. The molecule has 0 N–H and O–H groups in total. The molecule has 11 rings (SSSR count). The summed E-state index contributed by atoms with van der Waals surface area (Å²) in [5.41, 5.74) is 13.6. The van der Waals surface area contributed by atoms with E-state index in [1.54, 1.807) is 11.3 Å². The number of rotatable bonds is 9. The van der Waals surface area contributed by atoms with Gasteiger partial charge in [0, 0.05) is 50.5 Å². The molecule has 0 unspecified atom stereocenters. The summed E-state index contributed by atoms with van der Waals surface area (Å²) in [5, 5.41) is 5.86. The molecule has 0 fully saturated rings. The highest BCUT2D eigenvalue weighted by Gasteiger charge is 2.18. The van der Waals surface area contributed by atoms with Gasteiger partial charge in [0.25, 0.3) is 0 Å². The Morgan fingerprint density at radius 1 is 0.279 bits per heavy atom. The highest BCUT2D eigenvalue weighted by Crippen LogP contribution is 2.43. The Bertz CT molecular complexity index is 3220. The van der Waals surface area contributed by atoms with Crippen LogP contribution in [-0.4, -0.2) is 4.98 Å². The van der Waals surface area contributed by atoms with Gasteiger partial charge in [0.1, 0.15) is 5.01 Å². The van der Waals surface area contributed by atoms with Crippen LogP contribution in [0.5, 0.6) is 0 Å². The fourth-order valence-electron chi connectivity index (χ4n) is 8.49. The van der Waals surface area contributed by atoms with Crippen LogP contribution in [0, 0.1) is 0 Å². The van der Waals surface area contributed by atoms with E-state index >= 15 is 0 Å². The van der Waals surface area contributed by atoms with Crippen molar-refractivity contribution in [3.63, 3.8) is 0 Å². The Balaban J connectivity index is 0.941. The van der Waals surface area contributed by atoms with Gasteiger partial charge < -0.3 is 9.80 Å². The van der Waals surface area contributed by atoms with Gasteiger partial charge in [0.15, 0.2) is 0 Å². The quantitative estimate of drug-likeness (QED) is 0.136. The lowest BCUT2D eigenvalue weighted by molar-refractivity contribution is 1.28. The van der Waals surface area contributed by atoms with E-state index in [0.29, 0.717) is 0 Å². The normalized spacial score (nSPS) is 11.3. The first-order chi connectivity index (χ1) is 30.2. The number of thiazole rings is 1. The molecule has 1 aromatic heterocycles. The Hall–Kier alpha value is -7.79. The van der Waals surface area contributed by atoms with Crippen LogP contribution < -0.4 is 9.80 Å². The standard InChI is InChI=1S/C57H39N3S/c1-5-15-40(16-6-1)41-25-32-49(33-26-41)60(47-21-11-4-12-22-47)50-36-29-43(30-37-50)57-58-55-52-38-31-44(39-54(52)51-23-13-14-24-53(51)56(55)61-57)42-27-34-48(35-28-42)59(45-17-7-2-8-18-45)46-19-9-3-10-20-46/h1-39H. The maximum Gasteiger partial charge on any atom is 0.124 e. The molecule has 0 aliphatic carbocycles. The van der Waals surface area contributed by atoms with E-state index in [9.17, 15) is 0 Å². The Morgan fingerprint density at radius 3 is 1.16 bits per heavy atom. The minimum atomic E-state index is 1.01. The summed E-state index contributed by atoms with van der Waals surface area (Å²) in [6, 6.07) is 84.4. The third-order valence-electron chi connectivity index (χ3n) is 11.5. The number of fused-ring (bicyclic) bond motifs is 6. The van der Waals surface area contributed by atoms with Gasteiger partial charge in [0.05, 0.1) is 10.2 Å². The highest BCUT2D eigenvalue weighted by atomic mass is 32.1. The molecule has 10 aromatic carbocycles. The lowest BCUT2D eigenvalue weighted by Crippen LogP contribution is -2.09. The van der Waals surface area contributed by atoms with Gasteiger partial charge in [-0.3, -0.25) is 0 Å². The van der Waals surface area contributed by atoms with Crippen LogP contribution in [-0.2, 0) is 0 Å². The monoisotopic (exact) mass is 797 g/mol. The Kier molecular flexibility index (Phi) is 9.38. The molecule has 1 heterocycles. The smallest absolute Gasteiger partial charge is 0.124 e. The first kappa shape index (κ1) is 36.3. The second-order valence-corrected chi connectivity index (χ2v) is 16.2. The van der Waals surface area contributed by atoms with Gasteiger partial charge >= 0.3 is 0 Å². The number of benzene rings is 10. The van der Waals surface area contributed by atoms with Crippen LogP contribution in [0.3, 0.4) is 0 Å². The molecule has 288 valence electrons. The van der Waals surface area contributed by atoms with Crippen LogP contribution in [0.4, 0.5) is 34.1 Å². The van der Waals surface area contributed by atoms with E-state index in [0.717, 1.165) is 50.2 Å². The average molecular weight is 798 g/mol. The molecule has 0 amide bonds. The van der Waals surface area contributed by atoms with E-state index in [4.69, 9.17) is 4.98 Å². The Morgan fingerprint density at radius 2 is 0.656 bits per heavy atom. The van der Waals surface area contributed by atoms with Crippen molar-refractivity contribution in [2.45, 2.75) is 0 Å². The summed E-state index contributed by atoms with van der Waals surface area (Å²) in [7, 11) is 0. The summed E-state index contributed by atoms with van der Waals surface area (Å²) in [4.78, 5) is 9.99. The van der Waals surface area contributed by atoms with Crippen molar-refractivity contribution in [3.8, 4) is 32.8 Å². The maximum atomic E-state index is 5.38. The van der Waals surface area contributed by atoms with Crippen molar-refractivity contribution in [1.82, 2.24) is 4.98 Å². The lowest BCUT2D eigenvalue weighted by Gasteiger charge is -2.25. The second kappa shape index (κ2) is 15.8. The number of hydrogen-bond acceptors (Lipinski definition) is 4. The second-order valence-electron chi connectivity index (χ2n) is 15.2. The number of hydrogen-bond donors (Lipinski definition) is 0. The van der Waals surface area contributed by atoms with Crippen LogP contribution in [0.2, 0.25) is 0 Å². The molecule has 0 atom stereocenters. The third kappa shape index (κ3) is 6.89. The van der Waals surface area contributed by atoms with E-state index < -0.39 is 0 Å². The van der Waals surface area contributed by atoms with Crippen molar-refractivity contribution in [2.75, 3.05) is 9.80 Å². The van der Waals surface area contributed by atoms with Gasteiger partial charge in [-0.15, -0.1) is 11.3 Å². The molecule has 0 saturated carbocycles. The summed E-state index contributed by atoms with van der Waals surface area (Å²) in [6.45, 7) is 0. The fraction of sp³-hybridized carbons (Fsp3) is 0. The van der Waals surface area contributed by atoms with E-state index in [-0.39, 0.29) is 0 Å². The van der Waals surface area contributed by atoms with Crippen molar-refractivity contribution >= 4 is 77.2 Å². The molecule has 11 aromatic rings. The van der Waals surface area contributed by atoms with Crippen LogP contribution in [0.15, 0.2) is 237 Å². The Labute approximate surface area is 359 Å². The van der Waals surface area contributed by atoms with Gasteiger partial charge in [-0.25, -0.2) is 4.98 Å². The fourth-order valence-corrected chi connectivity index (χ4v) is 9.62. The lowest BCUT2D eigenvalue weighted by atomic mass is 9.96. The molecular weight excluding hydrogens is 759 g/mol. The topological polar surface area (TPSA) is 19.4 Å². The molecular formula is C57H39N3S. The predicted octanol–water partition coefficient (Wildman–Crippen LogP) is 16.5. The number of para-hydroxylation sites is 3. The molecule has 0 spiro atoms. The predicted molar refractivity (Wildman–Crippen MR) is 260 cm³/mol. The van der Waals surface area contributed by atoms with E-state index in [2.05, 4.69) is 246 Å². The first-order valence-corrected chi connectivity index (χ1v) is 21.4. The minimum Gasteiger partial charge on any atom is -0.311 e. The zero-order valence-electron chi connectivity index (χ0n) is 33.3. The molecule has 0 aliphatic heterocycles. The average Bonchev–Trinajstić information content (AvgIpc) is 3.80. The van der Waals surface area contributed by atoms with Gasteiger partial charge in [0.2, 0.25) is 0 Å². The van der Waals surface area contributed by atoms with E-state index in [1.165, 1.54) is 48.5 Å². The summed E-state index contributed by atoms with van der Waals surface area (Å²) >= 11 is 1.77. The number of anilines is 6. The molecule has 3 nitrogen and oxygen atoms in total. The van der Waals surface area contributed by atoms with Gasteiger partial charge in [-0.2, -0.15) is 0 Å². The van der Waals surface area contributed by atoms with Crippen LogP contribution >= 0.6 is 11.3 Å².